The van der Waals surface area contributed by atoms with Crippen molar-refractivity contribution in [2.45, 2.75) is 26.4 Å². The number of aliphatic hydroxyl groups excluding tert-OH is 1. The van der Waals surface area contributed by atoms with Crippen LogP contribution in [0.2, 0.25) is 5.02 Å². The third-order valence-corrected chi connectivity index (χ3v) is 2.67. The number of hydrogen-bond acceptors (Lipinski definition) is 2. The molecule has 15 heavy (non-hydrogen) atoms. The highest BCUT2D eigenvalue weighted by molar-refractivity contribution is 6.30. The number of nitrogens with zero attached hydrogens (tertiary/aromatic N) is 1. The normalized spacial score (nSPS) is 11.3. The van der Waals surface area contributed by atoms with E-state index in [1.165, 1.54) is 5.56 Å². The zero-order valence-corrected chi connectivity index (χ0v) is 10.0. The lowest BCUT2D eigenvalue weighted by Crippen LogP contribution is -2.32. The van der Waals surface area contributed by atoms with Gasteiger partial charge < -0.3 is 5.11 Å². The van der Waals surface area contributed by atoms with E-state index < -0.39 is 0 Å². The van der Waals surface area contributed by atoms with Gasteiger partial charge in [0.2, 0.25) is 0 Å². The highest BCUT2D eigenvalue weighted by Crippen LogP contribution is 2.12. The quantitative estimate of drug-likeness (QED) is 0.836. The number of benzene rings is 1. The molecule has 1 N–H and O–H groups in total. The van der Waals surface area contributed by atoms with Crippen LogP contribution in [0.4, 0.5) is 0 Å². The van der Waals surface area contributed by atoms with Crippen LogP contribution in [-0.4, -0.2) is 29.2 Å². The van der Waals surface area contributed by atoms with Crippen molar-refractivity contribution in [1.29, 1.82) is 0 Å². The molecule has 0 aromatic heterocycles. The zero-order valence-electron chi connectivity index (χ0n) is 9.28. The fraction of sp³-hybridized carbons (Fsp3) is 0.500. The van der Waals surface area contributed by atoms with Gasteiger partial charge >= 0.3 is 0 Å². The number of hydrogen-bond donors (Lipinski definition) is 1. The first-order valence-corrected chi connectivity index (χ1v) is 5.60. The van der Waals surface area contributed by atoms with Gasteiger partial charge in [0, 0.05) is 24.2 Å². The molecule has 0 aliphatic heterocycles. The van der Waals surface area contributed by atoms with Crippen LogP contribution >= 0.6 is 11.6 Å². The summed E-state index contributed by atoms with van der Waals surface area (Å²) in [6, 6.07) is 8.28. The predicted octanol–water partition coefficient (Wildman–Crippen LogP) is 2.54. The summed E-state index contributed by atoms with van der Waals surface area (Å²) < 4.78 is 0. The third kappa shape index (κ3) is 4.20. The molecule has 84 valence electrons. The second kappa shape index (κ2) is 6.11. The van der Waals surface area contributed by atoms with Gasteiger partial charge in [-0.1, -0.05) is 23.7 Å². The van der Waals surface area contributed by atoms with E-state index in [1.807, 2.05) is 24.3 Å². The number of aliphatic hydroxyl groups is 1. The summed E-state index contributed by atoms with van der Waals surface area (Å²) in [6.45, 7) is 6.03. The molecule has 0 radical (unpaired) electrons. The summed E-state index contributed by atoms with van der Waals surface area (Å²) >= 11 is 5.82. The molecule has 0 spiro atoms. The second-order valence-electron chi connectivity index (χ2n) is 3.91. The largest absolute Gasteiger partial charge is 0.395 e. The maximum atomic E-state index is 8.94. The van der Waals surface area contributed by atoms with E-state index in [-0.39, 0.29) is 6.61 Å². The van der Waals surface area contributed by atoms with Crippen LogP contribution in [0.3, 0.4) is 0 Å². The molecule has 3 heteroatoms. The lowest BCUT2D eigenvalue weighted by Gasteiger charge is -2.25. The summed E-state index contributed by atoms with van der Waals surface area (Å²) in [5.41, 5.74) is 1.22. The first kappa shape index (κ1) is 12.5. The van der Waals surface area contributed by atoms with E-state index in [9.17, 15) is 0 Å². The van der Waals surface area contributed by atoms with Crippen molar-refractivity contribution in [2.24, 2.45) is 0 Å². The van der Waals surface area contributed by atoms with E-state index >= 15 is 0 Å². The van der Waals surface area contributed by atoms with Gasteiger partial charge in [0.1, 0.15) is 0 Å². The topological polar surface area (TPSA) is 23.5 Å². The molecule has 0 amide bonds. The molecule has 0 atom stereocenters. The maximum Gasteiger partial charge on any atom is 0.0558 e. The Labute approximate surface area is 96.5 Å². The molecule has 0 unspecified atom stereocenters. The molecule has 1 aromatic carbocycles. The van der Waals surface area contributed by atoms with Gasteiger partial charge in [-0.3, -0.25) is 4.90 Å². The molecular weight excluding hydrogens is 210 g/mol. The Morgan fingerprint density at radius 3 is 2.33 bits per heavy atom. The van der Waals surface area contributed by atoms with Crippen LogP contribution in [-0.2, 0) is 6.54 Å². The fourth-order valence-corrected chi connectivity index (χ4v) is 1.60. The Morgan fingerprint density at radius 2 is 1.87 bits per heavy atom. The molecule has 0 bridgehead atoms. The van der Waals surface area contributed by atoms with Crippen molar-refractivity contribution in [3.63, 3.8) is 0 Å². The minimum absolute atomic E-state index is 0.200. The lowest BCUT2D eigenvalue weighted by molar-refractivity contribution is 0.159. The van der Waals surface area contributed by atoms with Gasteiger partial charge in [0.05, 0.1) is 6.61 Å². The molecule has 0 saturated heterocycles. The van der Waals surface area contributed by atoms with Crippen molar-refractivity contribution in [1.82, 2.24) is 4.90 Å². The van der Waals surface area contributed by atoms with Gasteiger partial charge in [-0.05, 0) is 31.5 Å². The van der Waals surface area contributed by atoms with Crippen molar-refractivity contribution in [2.75, 3.05) is 13.2 Å². The van der Waals surface area contributed by atoms with Crippen molar-refractivity contribution in [3.8, 4) is 0 Å². The average molecular weight is 228 g/mol. The summed E-state index contributed by atoms with van der Waals surface area (Å²) in [5.74, 6) is 0. The highest BCUT2D eigenvalue weighted by atomic mass is 35.5. The molecule has 0 fully saturated rings. The molecule has 1 aromatic rings. The Morgan fingerprint density at radius 1 is 1.27 bits per heavy atom. The number of rotatable bonds is 5. The summed E-state index contributed by atoms with van der Waals surface area (Å²) in [5, 5.41) is 9.71. The summed E-state index contributed by atoms with van der Waals surface area (Å²) in [6.07, 6.45) is 0. The minimum atomic E-state index is 0.200. The second-order valence-corrected chi connectivity index (χ2v) is 4.35. The van der Waals surface area contributed by atoms with Crippen molar-refractivity contribution < 1.29 is 5.11 Å². The average Bonchev–Trinajstić information content (AvgIpc) is 2.20. The van der Waals surface area contributed by atoms with E-state index in [0.29, 0.717) is 12.6 Å². The molecule has 2 nitrogen and oxygen atoms in total. The van der Waals surface area contributed by atoms with Crippen LogP contribution in [0.1, 0.15) is 19.4 Å². The Kier molecular flexibility index (Phi) is 5.09. The molecule has 0 heterocycles. The third-order valence-electron chi connectivity index (χ3n) is 2.42. The smallest absolute Gasteiger partial charge is 0.0558 e. The van der Waals surface area contributed by atoms with Gasteiger partial charge in [0.25, 0.3) is 0 Å². The molecule has 0 aliphatic carbocycles. The van der Waals surface area contributed by atoms with Crippen LogP contribution in [0, 0.1) is 0 Å². The fourth-order valence-electron chi connectivity index (χ4n) is 1.47. The van der Waals surface area contributed by atoms with Crippen molar-refractivity contribution in [3.05, 3.63) is 34.9 Å². The zero-order chi connectivity index (χ0) is 11.3. The Hall–Kier alpha value is -0.570. The summed E-state index contributed by atoms with van der Waals surface area (Å²) in [7, 11) is 0. The van der Waals surface area contributed by atoms with E-state index in [2.05, 4.69) is 18.7 Å². The maximum absolute atomic E-state index is 8.94. The van der Waals surface area contributed by atoms with E-state index in [0.717, 1.165) is 11.6 Å². The highest BCUT2D eigenvalue weighted by Gasteiger charge is 2.08. The monoisotopic (exact) mass is 227 g/mol. The molecule has 0 aliphatic rings. The van der Waals surface area contributed by atoms with Crippen LogP contribution in [0.5, 0.6) is 0 Å². The van der Waals surface area contributed by atoms with E-state index in [1.54, 1.807) is 0 Å². The summed E-state index contributed by atoms with van der Waals surface area (Å²) in [4.78, 5) is 2.23. The first-order valence-electron chi connectivity index (χ1n) is 5.23. The lowest BCUT2D eigenvalue weighted by atomic mass is 10.2. The van der Waals surface area contributed by atoms with Crippen LogP contribution in [0.25, 0.3) is 0 Å². The SMILES string of the molecule is CC(C)N(CCO)Cc1ccc(Cl)cc1. The van der Waals surface area contributed by atoms with Gasteiger partial charge in [-0.2, -0.15) is 0 Å². The molecule has 1 rings (SSSR count). The standard InChI is InChI=1S/C12H18ClNO/c1-10(2)14(7-8-15)9-11-3-5-12(13)6-4-11/h3-6,10,15H,7-9H2,1-2H3. The Bertz CT molecular complexity index is 284. The van der Waals surface area contributed by atoms with Gasteiger partial charge in [0.15, 0.2) is 0 Å². The Balaban J connectivity index is 2.61. The van der Waals surface area contributed by atoms with Gasteiger partial charge in [-0.25, -0.2) is 0 Å². The minimum Gasteiger partial charge on any atom is -0.395 e. The first-order chi connectivity index (χ1) is 7.13. The van der Waals surface area contributed by atoms with Crippen LogP contribution in [0.15, 0.2) is 24.3 Å². The molecule has 0 saturated carbocycles. The van der Waals surface area contributed by atoms with Crippen molar-refractivity contribution >= 4 is 11.6 Å². The molecular formula is C12H18ClNO. The van der Waals surface area contributed by atoms with Crippen LogP contribution < -0.4 is 0 Å². The van der Waals surface area contributed by atoms with Gasteiger partial charge in [-0.15, -0.1) is 0 Å². The van der Waals surface area contributed by atoms with E-state index in [4.69, 9.17) is 16.7 Å². The predicted molar refractivity (Wildman–Crippen MR) is 64.1 cm³/mol. The number of halogens is 1.